The minimum absolute atomic E-state index is 0.150. The predicted molar refractivity (Wildman–Crippen MR) is 97.0 cm³/mol. The lowest BCUT2D eigenvalue weighted by Crippen LogP contribution is -2.47. The van der Waals surface area contributed by atoms with Crippen molar-refractivity contribution in [2.45, 2.75) is 63.1 Å². The monoisotopic (exact) mass is 334 g/mol. The average molecular weight is 335 g/mol. The molecule has 1 saturated heterocycles. The summed E-state index contributed by atoms with van der Waals surface area (Å²) in [5, 5.41) is 8.19. The first-order valence-corrected chi connectivity index (χ1v) is 9.51. The van der Waals surface area contributed by atoms with Gasteiger partial charge in [0, 0.05) is 32.9 Å². The molecule has 1 aliphatic carbocycles. The normalized spacial score (nSPS) is 28.5. The third-order valence-electron chi connectivity index (χ3n) is 6.27. The molecule has 0 spiro atoms. The van der Waals surface area contributed by atoms with Gasteiger partial charge in [0.1, 0.15) is 0 Å². The fraction of sp³-hybridized carbons (Fsp3) is 0.842. The molecule has 0 unspecified atom stereocenters. The first-order chi connectivity index (χ1) is 11.5. The van der Waals surface area contributed by atoms with Gasteiger partial charge in [-0.05, 0) is 71.0 Å². The topological polar surface area (TPSA) is 42.3 Å². The van der Waals surface area contributed by atoms with E-state index in [0.29, 0.717) is 18.0 Å². The second kappa shape index (κ2) is 7.54. The Bertz CT molecular complexity index is 520. The Balaban J connectivity index is 1.59. The van der Waals surface area contributed by atoms with Gasteiger partial charge in [0.2, 0.25) is 0 Å². The summed E-state index contributed by atoms with van der Waals surface area (Å²) in [6.45, 7) is 4.56. The summed E-state index contributed by atoms with van der Waals surface area (Å²) >= 11 is 0. The third kappa shape index (κ3) is 3.68. The number of nitrogens with zero attached hydrogens (tertiary/aromatic N) is 3. The SMILES string of the molecule is COC1(C[C@H](C)NC[C@@H]2CCCN(C)[C@H]2c2ccnn2C)CCC1. The van der Waals surface area contributed by atoms with Gasteiger partial charge < -0.3 is 10.1 Å². The maximum absolute atomic E-state index is 5.79. The number of hydrogen-bond acceptors (Lipinski definition) is 4. The van der Waals surface area contributed by atoms with Crippen molar-refractivity contribution >= 4 is 0 Å². The Morgan fingerprint density at radius 3 is 2.75 bits per heavy atom. The largest absolute Gasteiger partial charge is 0.378 e. The van der Waals surface area contributed by atoms with Crippen molar-refractivity contribution in [3.05, 3.63) is 18.0 Å². The molecule has 0 radical (unpaired) electrons. The molecule has 24 heavy (non-hydrogen) atoms. The summed E-state index contributed by atoms with van der Waals surface area (Å²) in [7, 11) is 6.19. The molecule has 1 N–H and O–H groups in total. The number of likely N-dealkylation sites (tertiary alicyclic amines) is 1. The summed E-state index contributed by atoms with van der Waals surface area (Å²) in [6, 6.07) is 3.15. The van der Waals surface area contributed by atoms with Crippen LogP contribution in [-0.4, -0.2) is 53.6 Å². The second-order valence-corrected chi connectivity index (χ2v) is 7.96. The second-order valence-electron chi connectivity index (χ2n) is 7.96. The lowest BCUT2D eigenvalue weighted by Gasteiger charge is -2.43. The Morgan fingerprint density at radius 1 is 1.38 bits per heavy atom. The van der Waals surface area contributed by atoms with Crippen LogP contribution in [0, 0.1) is 5.92 Å². The Morgan fingerprint density at radius 2 is 2.17 bits per heavy atom. The van der Waals surface area contributed by atoms with Crippen LogP contribution in [0.2, 0.25) is 0 Å². The predicted octanol–water partition coefficient (Wildman–Crippen LogP) is 2.74. The average Bonchev–Trinajstić information content (AvgIpc) is 2.94. The highest BCUT2D eigenvalue weighted by Gasteiger charge is 2.38. The molecule has 2 heterocycles. The van der Waals surface area contributed by atoms with Crippen LogP contribution in [0.4, 0.5) is 0 Å². The number of aryl methyl sites for hydroxylation is 1. The zero-order valence-electron chi connectivity index (χ0n) is 15.8. The van der Waals surface area contributed by atoms with E-state index >= 15 is 0 Å². The summed E-state index contributed by atoms with van der Waals surface area (Å²) in [4.78, 5) is 2.50. The summed E-state index contributed by atoms with van der Waals surface area (Å²) in [5.74, 6) is 0.640. The van der Waals surface area contributed by atoms with E-state index in [2.05, 4.69) is 42.4 Å². The van der Waals surface area contributed by atoms with E-state index in [1.165, 1.54) is 44.3 Å². The first-order valence-electron chi connectivity index (χ1n) is 9.51. The number of rotatable bonds is 7. The van der Waals surface area contributed by atoms with Crippen molar-refractivity contribution in [3.63, 3.8) is 0 Å². The van der Waals surface area contributed by atoms with Crippen LogP contribution in [0.15, 0.2) is 12.3 Å². The molecule has 0 bridgehead atoms. The Hall–Kier alpha value is -0.910. The highest BCUT2D eigenvalue weighted by Crippen LogP contribution is 2.39. The molecule has 0 aromatic carbocycles. The smallest absolute Gasteiger partial charge is 0.0693 e. The zero-order chi connectivity index (χ0) is 17.2. The molecule has 1 aliphatic heterocycles. The van der Waals surface area contributed by atoms with E-state index in [1.54, 1.807) is 0 Å². The molecule has 3 rings (SSSR count). The Labute approximate surface area is 146 Å². The van der Waals surface area contributed by atoms with E-state index in [1.807, 2.05) is 18.0 Å². The number of hydrogen-bond donors (Lipinski definition) is 1. The van der Waals surface area contributed by atoms with Gasteiger partial charge in [0.15, 0.2) is 0 Å². The minimum Gasteiger partial charge on any atom is -0.378 e. The van der Waals surface area contributed by atoms with Gasteiger partial charge in [-0.2, -0.15) is 5.10 Å². The van der Waals surface area contributed by atoms with E-state index in [-0.39, 0.29) is 5.60 Å². The van der Waals surface area contributed by atoms with Crippen LogP contribution in [-0.2, 0) is 11.8 Å². The number of nitrogens with one attached hydrogen (secondary N) is 1. The summed E-state index contributed by atoms with van der Waals surface area (Å²) in [6.07, 6.45) is 9.38. The molecule has 5 heteroatoms. The minimum atomic E-state index is 0.150. The van der Waals surface area contributed by atoms with Gasteiger partial charge >= 0.3 is 0 Å². The van der Waals surface area contributed by atoms with Crippen molar-refractivity contribution in [2.75, 3.05) is 27.2 Å². The van der Waals surface area contributed by atoms with Gasteiger partial charge in [0.25, 0.3) is 0 Å². The van der Waals surface area contributed by atoms with Crippen molar-refractivity contribution < 1.29 is 4.74 Å². The van der Waals surface area contributed by atoms with Crippen LogP contribution in [0.25, 0.3) is 0 Å². The molecule has 1 aromatic rings. The zero-order valence-corrected chi connectivity index (χ0v) is 15.8. The number of aromatic nitrogens is 2. The van der Waals surface area contributed by atoms with E-state index in [9.17, 15) is 0 Å². The lowest BCUT2D eigenvalue weighted by molar-refractivity contribution is -0.0827. The number of piperidine rings is 1. The fourth-order valence-corrected chi connectivity index (χ4v) is 4.66. The maximum atomic E-state index is 5.79. The quantitative estimate of drug-likeness (QED) is 0.832. The highest BCUT2D eigenvalue weighted by atomic mass is 16.5. The van der Waals surface area contributed by atoms with E-state index < -0.39 is 0 Å². The van der Waals surface area contributed by atoms with Crippen LogP contribution in [0.5, 0.6) is 0 Å². The van der Waals surface area contributed by atoms with Gasteiger partial charge in [-0.3, -0.25) is 9.58 Å². The Kier molecular flexibility index (Phi) is 5.63. The van der Waals surface area contributed by atoms with Crippen molar-refractivity contribution in [2.24, 2.45) is 13.0 Å². The van der Waals surface area contributed by atoms with Crippen molar-refractivity contribution in [1.82, 2.24) is 20.0 Å². The molecule has 1 saturated carbocycles. The molecule has 0 amide bonds. The highest BCUT2D eigenvalue weighted by molar-refractivity contribution is 5.10. The number of methoxy groups -OCH3 is 1. The van der Waals surface area contributed by atoms with Crippen LogP contribution < -0.4 is 5.32 Å². The van der Waals surface area contributed by atoms with Crippen molar-refractivity contribution in [3.8, 4) is 0 Å². The molecule has 2 fully saturated rings. The standard InChI is InChI=1S/C19H34N4O/c1-15(13-19(24-4)9-6-10-19)20-14-16-7-5-12-22(2)18(16)17-8-11-21-23(17)3/h8,11,15-16,18,20H,5-7,9-10,12-14H2,1-4H3/t15-,16-,18+/m0/s1. The van der Waals surface area contributed by atoms with Gasteiger partial charge in [-0.1, -0.05) is 0 Å². The third-order valence-corrected chi connectivity index (χ3v) is 6.27. The van der Waals surface area contributed by atoms with Gasteiger partial charge in [-0.15, -0.1) is 0 Å². The summed E-state index contributed by atoms with van der Waals surface area (Å²) in [5.41, 5.74) is 1.49. The molecule has 136 valence electrons. The molecule has 1 aromatic heterocycles. The van der Waals surface area contributed by atoms with E-state index in [4.69, 9.17) is 4.74 Å². The molecule has 2 aliphatic rings. The fourth-order valence-electron chi connectivity index (χ4n) is 4.66. The van der Waals surface area contributed by atoms with E-state index in [0.717, 1.165) is 13.0 Å². The maximum Gasteiger partial charge on any atom is 0.0693 e. The van der Waals surface area contributed by atoms with Crippen LogP contribution >= 0.6 is 0 Å². The van der Waals surface area contributed by atoms with Crippen LogP contribution in [0.3, 0.4) is 0 Å². The molecular formula is C19H34N4O. The molecule has 5 nitrogen and oxygen atoms in total. The molecular weight excluding hydrogens is 300 g/mol. The van der Waals surface area contributed by atoms with Crippen molar-refractivity contribution in [1.29, 1.82) is 0 Å². The first kappa shape index (κ1) is 17.9. The summed E-state index contributed by atoms with van der Waals surface area (Å²) < 4.78 is 7.83. The molecule has 3 atom stereocenters. The van der Waals surface area contributed by atoms with Crippen LogP contribution in [0.1, 0.15) is 57.2 Å². The van der Waals surface area contributed by atoms with Gasteiger partial charge in [0.05, 0.1) is 17.3 Å². The number of ether oxygens (including phenoxy) is 1. The van der Waals surface area contributed by atoms with Gasteiger partial charge in [-0.25, -0.2) is 0 Å². The lowest BCUT2D eigenvalue weighted by atomic mass is 9.76.